The van der Waals surface area contributed by atoms with Crippen molar-refractivity contribution >= 4 is 21.8 Å². The highest BCUT2D eigenvalue weighted by Crippen LogP contribution is 2.23. The number of Topliss-reactive ketones (excluding diaryl/α,β-unsaturated/α-hetero) is 1. The van der Waals surface area contributed by atoms with E-state index in [9.17, 15) is 18.0 Å². The van der Waals surface area contributed by atoms with E-state index in [4.69, 9.17) is 4.74 Å². The Morgan fingerprint density at radius 1 is 0.966 bits per heavy atom. The molecule has 1 fully saturated rings. The Labute approximate surface area is 170 Å². The summed E-state index contributed by atoms with van der Waals surface area (Å²) >= 11 is 0. The number of ether oxygens (including phenoxy) is 1. The minimum absolute atomic E-state index is 0.0138. The van der Waals surface area contributed by atoms with Crippen molar-refractivity contribution in [2.24, 2.45) is 0 Å². The number of aryl methyl sites for hydroxylation is 2. The highest BCUT2D eigenvalue weighted by atomic mass is 32.2. The third kappa shape index (κ3) is 4.74. The Morgan fingerprint density at radius 3 is 2.48 bits per heavy atom. The summed E-state index contributed by atoms with van der Waals surface area (Å²) in [6.45, 7) is -0.380. The molecular weight excluding hydrogens is 390 g/mol. The van der Waals surface area contributed by atoms with Gasteiger partial charge in [0.2, 0.25) is 10.0 Å². The minimum atomic E-state index is -3.66. The number of sulfonamides is 1. The summed E-state index contributed by atoms with van der Waals surface area (Å²) in [6, 6.07) is 11.3. The lowest BCUT2D eigenvalue weighted by Gasteiger charge is -2.16. The molecule has 0 bridgehead atoms. The molecule has 2 aliphatic rings. The number of rotatable bonds is 7. The van der Waals surface area contributed by atoms with E-state index in [0.29, 0.717) is 5.56 Å². The maximum absolute atomic E-state index is 12.4. The number of nitrogens with one attached hydrogen (secondary N) is 1. The van der Waals surface area contributed by atoms with Crippen LogP contribution in [0.1, 0.15) is 57.5 Å². The maximum Gasteiger partial charge on any atom is 0.338 e. The van der Waals surface area contributed by atoms with Crippen molar-refractivity contribution in [2.75, 3.05) is 6.61 Å². The van der Waals surface area contributed by atoms with Crippen LogP contribution in [0.3, 0.4) is 0 Å². The van der Waals surface area contributed by atoms with E-state index < -0.39 is 16.0 Å². The largest absolute Gasteiger partial charge is 0.454 e. The molecule has 0 radical (unpaired) electrons. The Morgan fingerprint density at radius 2 is 1.72 bits per heavy atom. The molecule has 0 aromatic heterocycles. The van der Waals surface area contributed by atoms with Gasteiger partial charge >= 0.3 is 5.97 Å². The average Bonchev–Trinajstić information content (AvgIpc) is 3.54. The van der Waals surface area contributed by atoms with E-state index in [-0.39, 0.29) is 28.9 Å². The second-order valence-corrected chi connectivity index (χ2v) is 9.33. The Bertz CT molecular complexity index is 1060. The van der Waals surface area contributed by atoms with Crippen LogP contribution in [0, 0.1) is 0 Å². The molecule has 1 N–H and O–H groups in total. The molecule has 2 aliphatic carbocycles. The van der Waals surface area contributed by atoms with Crippen LogP contribution in [0.25, 0.3) is 0 Å². The molecule has 29 heavy (non-hydrogen) atoms. The molecule has 152 valence electrons. The van der Waals surface area contributed by atoms with Crippen molar-refractivity contribution < 1.29 is 22.7 Å². The summed E-state index contributed by atoms with van der Waals surface area (Å²) in [5, 5.41) is 0. The van der Waals surface area contributed by atoms with Gasteiger partial charge in [0.1, 0.15) is 0 Å². The summed E-state index contributed by atoms with van der Waals surface area (Å²) in [5.41, 5.74) is 3.10. The summed E-state index contributed by atoms with van der Waals surface area (Å²) in [4.78, 5) is 24.8. The zero-order valence-electron chi connectivity index (χ0n) is 16.0. The van der Waals surface area contributed by atoms with Gasteiger partial charge in [-0.25, -0.2) is 17.9 Å². The Balaban J connectivity index is 1.40. The molecule has 0 atom stereocenters. The van der Waals surface area contributed by atoms with Gasteiger partial charge in [0.05, 0.1) is 10.5 Å². The van der Waals surface area contributed by atoms with Gasteiger partial charge in [-0.05, 0) is 73.9 Å². The van der Waals surface area contributed by atoms with Crippen LogP contribution >= 0.6 is 0 Å². The predicted octanol–water partition coefficient (Wildman–Crippen LogP) is 3.05. The van der Waals surface area contributed by atoms with Crippen molar-refractivity contribution in [3.63, 3.8) is 0 Å². The lowest BCUT2D eigenvalue weighted by atomic mass is 9.90. The van der Waals surface area contributed by atoms with E-state index >= 15 is 0 Å². The molecule has 0 spiro atoms. The first-order valence-corrected chi connectivity index (χ1v) is 11.4. The van der Waals surface area contributed by atoms with Crippen molar-refractivity contribution in [3.05, 3.63) is 64.7 Å². The fourth-order valence-corrected chi connectivity index (χ4v) is 4.83. The molecular formula is C22H23NO5S. The summed E-state index contributed by atoms with van der Waals surface area (Å²) in [5.74, 6) is -0.995. The molecule has 6 nitrogen and oxygen atoms in total. The van der Waals surface area contributed by atoms with Gasteiger partial charge in [-0.2, -0.15) is 0 Å². The Hall–Kier alpha value is -2.51. The van der Waals surface area contributed by atoms with E-state index in [1.165, 1.54) is 41.8 Å². The number of ketones is 1. The van der Waals surface area contributed by atoms with E-state index in [1.54, 1.807) is 6.07 Å². The molecule has 7 heteroatoms. The van der Waals surface area contributed by atoms with Gasteiger partial charge in [0.15, 0.2) is 12.4 Å². The fraction of sp³-hybridized carbons (Fsp3) is 0.364. The number of esters is 1. The average molecular weight is 413 g/mol. The predicted molar refractivity (Wildman–Crippen MR) is 107 cm³/mol. The number of hydrogen-bond donors (Lipinski definition) is 1. The van der Waals surface area contributed by atoms with Crippen LogP contribution in [0.5, 0.6) is 0 Å². The number of hydrogen-bond acceptors (Lipinski definition) is 5. The van der Waals surface area contributed by atoms with Gasteiger partial charge in [-0.1, -0.05) is 18.2 Å². The third-order valence-electron chi connectivity index (χ3n) is 5.28. The number of carbonyl (C=O) groups is 2. The first-order valence-electron chi connectivity index (χ1n) is 9.87. The van der Waals surface area contributed by atoms with Crippen LogP contribution in [-0.4, -0.2) is 32.8 Å². The van der Waals surface area contributed by atoms with Crippen LogP contribution in [0.2, 0.25) is 0 Å². The van der Waals surface area contributed by atoms with Crippen LogP contribution in [0.4, 0.5) is 0 Å². The topological polar surface area (TPSA) is 89.5 Å². The lowest BCUT2D eigenvalue weighted by molar-refractivity contribution is 0.0474. The summed E-state index contributed by atoms with van der Waals surface area (Å²) in [7, 11) is -3.66. The van der Waals surface area contributed by atoms with Crippen molar-refractivity contribution in [1.82, 2.24) is 4.72 Å². The smallest absolute Gasteiger partial charge is 0.338 e. The molecule has 0 saturated heterocycles. The second-order valence-electron chi connectivity index (χ2n) is 7.61. The van der Waals surface area contributed by atoms with Gasteiger partial charge in [-0.3, -0.25) is 4.79 Å². The quantitative estimate of drug-likeness (QED) is 0.557. The van der Waals surface area contributed by atoms with Crippen LogP contribution in [-0.2, 0) is 27.6 Å². The SMILES string of the molecule is O=C(COC(=O)c1cccc(S(=O)(=O)NC2CC2)c1)c1ccc2c(c1)CCCC2. The number of fused-ring (bicyclic) bond motifs is 1. The standard InChI is InChI=1S/C22H23NO5S/c24-21(17-9-8-15-4-1-2-5-16(15)12-17)14-28-22(25)18-6-3-7-20(13-18)29(26,27)23-19-10-11-19/h3,6-9,12-13,19,23H,1-2,4-5,10-11,14H2. The zero-order valence-corrected chi connectivity index (χ0v) is 16.8. The third-order valence-corrected chi connectivity index (χ3v) is 6.80. The summed E-state index contributed by atoms with van der Waals surface area (Å²) in [6.07, 6.45) is 5.94. The van der Waals surface area contributed by atoms with Gasteiger partial charge in [-0.15, -0.1) is 0 Å². The van der Waals surface area contributed by atoms with Gasteiger partial charge < -0.3 is 4.74 Å². The van der Waals surface area contributed by atoms with Gasteiger partial charge in [0.25, 0.3) is 0 Å². The first-order chi connectivity index (χ1) is 13.9. The summed E-state index contributed by atoms with van der Waals surface area (Å²) < 4.78 is 32.3. The van der Waals surface area contributed by atoms with Crippen LogP contribution in [0.15, 0.2) is 47.4 Å². The van der Waals surface area contributed by atoms with E-state index in [2.05, 4.69) is 4.72 Å². The van der Waals surface area contributed by atoms with Crippen molar-refractivity contribution in [3.8, 4) is 0 Å². The molecule has 0 aliphatic heterocycles. The molecule has 0 amide bonds. The van der Waals surface area contributed by atoms with Crippen molar-refractivity contribution in [2.45, 2.75) is 49.5 Å². The number of benzene rings is 2. The zero-order chi connectivity index (χ0) is 20.4. The first kappa shape index (κ1) is 19.8. The second kappa shape index (κ2) is 8.08. The fourth-order valence-electron chi connectivity index (χ4n) is 3.48. The molecule has 0 unspecified atom stereocenters. The number of carbonyl (C=O) groups excluding carboxylic acids is 2. The van der Waals surface area contributed by atoms with E-state index in [1.807, 2.05) is 12.1 Å². The Kier molecular flexibility index (Phi) is 5.52. The van der Waals surface area contributed by atoms with Gasteiger partial charge in [0, 0.05) is 11.6 Å². The van der Waals surface area contributed by atoms with Crippen LogP contribution < -0.4 is 4.72 Å². The molecule has 2 aromatic rings. The highest BCUT2D eigenvalue weighted by Gasteiger charge is 2.28. The monoisotopic (exact) mass is 413 g/mol. The molecule has 0 heterocycles. The minimum Gasteiger partial charge on any atom is -0.454 e. The molecule has 4 rings (SSSR count). The lowest BCUT2D eigenvalue weighted by Crippen LogP contribution is -2.26. The molecule has 1 saturated carbocycles. The van der Waals surface area contributed by atoms with Crippen molar-refractivity contribution in [1.29, 1.82) is 0 Å². The maximum atomic E-state index is 12.4. The normalized spacial score (nSPS) is 16.1. The van der Waals surface area contributed by atoms with E-state index in [0.717, 1.165) is 32.1 Å². The molecule has 2 aromatic carbocycles. The highest BCUT2D eigenvalue weighted by molar-refractivity contribution is 7.89.